The highest BCUT2D eigenvalue weighted by Crippen LogP contribution is 2.20. The molecule has 0 saturated carbocycles. The summed E-state index contributed by atoms with van der Waals surface area (Å²) in [6, 6.07) is 13.5. The Kier molecular flexibility index (Phi) is 5.32. The van der Waals surface area contributed by atoms with Crippen LogP contribution in [0.3, 0.4) is 0 Å². The summed E-state index contributed by atoms with van der Waals surface area (Å²) in [7, 11) is 0. The second-order valence-electron chi connectivity index (χ2n) is 6.00. The van der Waals surface area contributed by atoms with Gasteiger partial charge in [-0.1, -0.05) is 23.7 Å². The number of hydrogen-bond acceptors (Lipinski definition) is 3. The van der Waals surface area contributed by atoms with Crippen molar-refractivity contribution < 1.29 is 9.18 Å². The van der Waals surface area contributed by atoms with Crippen molar-refractivity contribution in [1.82, 2.24) is 9.80 Å². The van der Waals surface area contributed by atoms with Crippen LogP contribution in [0.5, 0.6) is 0 Å². The number of carbonyl (C=O) groups is 1. The van der Waals surface area contributed by atoms with Crippen molar-refractivity contribution in [3.05, 3.63) is 70.0 Å². The maximum atomic E-state index is 13.1. The van der Waals surface area contributed by atoms with Crippen LogP contribution in [0.15, 0.2) is 42.5 Å². The molecule has 2 aromatic rings. The van der Waals surface area contributed by atoms with Gasteiger partial charge in [0.05, 0.1) is 22.2 Å². The Morgan fingerprint density at radius 2 is 1.92 bits per heavy atom. The van der Waals surface area contributed by atoms with Gasteiger partial charge < -0.3 is 4.90 Å². The minimum Gasteiger partial charge on any atom is -0.336 e. The van der Waals surface area contributed by atoms with Gasteiger partial charge in [-0.3, -0.25) is 9.69 Å². The molecule has 0 radical (unpaired) electrons. The van der Waals surface area contributed by atoms with Gasteiger partial charge >= 0.3 is 0 Å². The van der Waals surface area contributed by atoms with Crippen LogP contribution < -0.4 is 0 Å². The van der Waals surface area contributed by atoms with Gasteiger partial charge in [-0.05, 0) is 35.9 Å². The van der Waals surface area contributed by atoms with Crippen LogP contribution in [0, 0.1) is 17.1 Å². The van der Waals surface area contributed by atoms with Crippen LogP contribution >= 0.6 is 11.6 Å². The summed E-state index contributed by atoms with van der Waals surface area (Å²) in [6.45, 7) is 3.40. The fourth-order valence-electron chi connectivity index (χ4n) is 2.94. The van der Waals surface area contributed by atoms with Gasteiger partial charge in [-0.25, -0.2) is 4.39 Å². The molecule has 1 aliphatic rings. The van der Waals surface area contributed by atoms with Gasteiger partial charge in [0.25, 0.3) is 5.91 Å². The fraction of sp³-hybridized carbons (Fsp3) is 0.263. The predicted molar refractivity (Wildman–Crippen MR) is 93.7 cm³/mol. The molecule has 0 aromatic heterocycles. The topological polar surface area (TPSA) is 47.3 Å². The van der Waals surface area contributed by atoms with E-state index in [1.807, 2.05) is 18.2 Å². The molecule has 1 amide bonds. The van der Waals surface area contributed by atoms with Crippen LogP contribution in [-0.4, -0.2) is 41.9 Å². The summed E-state index contributed by atoms with van der Waals surface area (Å²) < 4.78 is 13.1. The number of carbonyl (C=O) groups excluding carboxylic acids is 1. The Morgan fingerprint density at radius 3 is 2.60 bits per heavy atom. The summed E-state index contributed by atoms with van der Waals surface area (Å²) in [6.07, 6.45) is 0. The lowest BCUT2D eigenvalue weighted by Crippen LogP contribution is -2.48. The van der Waals surface area contributed by atoms with E-state index >= 15 is 0 Å². The maximum Gasteiger partial charge on any atom is 0.255 e. The van der Waals surface area contributed by atoms with E-state index in [1.165, 1.54) is 12.1 Å². The SMILES string of the molecule is N#Cc1cccc(CN2CCN(C(=O)c3ccc(F)cc3Cl)CC2)c1. The highest BCUT2D eigenvalue weighted by molar-refractivity contribution is 6.33. The molecule has 25 heavy (non-hydrogen) atoms. The smallest absolute Gasteiger partial charge is 0.255 e. The van der Waals surface area contributed by atoms with E-state index in [2.05, 4.69) is 11.0 Å². The molecule has 0 unspecified atom stereocenters. The molecule has 0 spiro atoms. The Morgan fingerprint density at radius 1 is 1.16 bits per heavy atom. The first-order chi connectivity index (χ1) is 12.1. The second kappa shape index (κ2) is 7.64. The Hall–Kier alpha value is -2.42. The molecule has 1 saturated heterocycles. The number of amides is 1. The molecule has 6 heteroatoms. The minimum atomic E-state index is -0.453. The third kappa shape index (κ3) is 4.16. The molecule has 0 N–H and O–H groups in total. The molecule has 1 aliphatic heterocycles. The van der Waals surface area contributed by atoms with Gasteiger partial charge in [-0.15, -0.1) is 0 Å². The number of rotatable bonds is 3. The van der Waals surface area contributed by atoms with Crippen molar-refractivity contribution in [3.63, 3.8) is 0 Å². The van der Waals surface area contributed by atoms with Crippen molar-refractivity contribution in [1.29, 1.82) is 5.26 Å². The molecular formula is C19H17ClFN3O. The van der Waals surface area contributed by atoms with Crippen LogP contribution in [0.1, 0.15) is 21.5 Å². The van der Waals surface area contributed by atoms with Gasteiger partial charge in [0.2, 0.25) is 0 Å². The van der Waals surface area contributed by atoms with Crippen molar-refractivity contribution in [2.45, 2.75) is 6.54 Å². The van der Waals surface area contributed by atoms with Crippen molar-refractivity contribution in [2.75, 3.05) is 26.2 Å². The molecule has 3 rings (SSSR count). The number of nitriles is 1. The number of benzene rings is 2. The fourth-order valence-corrected chi connectivity index (χ4v) is 3.19. The number of hydrogen-bond donors (Lipinski definition) is 0. The first-order valence-electron chi connectivity index (χ1n) is 8.02. The van der Waals surface area contributed by atoms with Crippen molar-refractivity contribution in [3.8, 4) is 6.07 Å². The van der Waals surface area contributed by atoms with E-state index in [-0.39, 0.29) is 10.9 Å². The second-order valence-corrected chi connectivity index (χ2v) is 6.41. The lowest BCUT2D eigenvalue weighted by molar-refractivity contribution is 0.0628. The molecule has 1 heterocycles. The van der Waals surface area contributed by atoms with Crippen LogP contribution in [0.25, 0.3) is 0 Å². The largest absolute Gasteiger partial charge is 0.336 e. The first-order valence-corrected chi connectivity index (χ1v) is 8.40. The molecule has 0 bridgehead atoms. The normalized spacial score (nSPS) is 15.0. The maximum absolute atomic E-state index is 13.1. The van der Waals surface area contributed by atoms with Crippen LogP contribution in [0.2, 0.25) is 5.02 Å². The quantitative estimate of drug-likeness (QED) is 0.846. The van der Waals surface area contributed by atoms with Crippen molar-refractivity contribution >= 4 is 17.5 Å². The zero-order valence-electron chi connectivity index (χ0n) is 13.6. The van der Waals surface area contributed by atoms with E-state index in [0.717, 1.165) is 31.3 Å². The molecule has 128 valence electrons. The predicted octanol–water partition coefficient (Wildman–Crippen LogP) is 3.31. The van der Waals surface area contributed by atoms with E-state index < -0.39 is 5.82 Å². The van der Waals surface area contributed by atoms with Gasteiger partial charge in [0.15, 0.2) is 0 Å². The van der Waals surface area contributed by atoms with Gasteiger partial charge in [0, 0.05) is 32.7 Å². The van der Waals surface area contributed by atoms with E-state index in [9.17, 15) is 9.18 Å². The molecule has 1 fully saturated rings. The Balaban J connectivity index is 1.59. The van der Waals surface area contributed by atoms with Gasteiger partial charge in [-0.2, -0.15) is 5.26 Å². The number of halogens is 2. The summed E-state index contributed by atoms with van der Waals surface area (Å²) in [4.78, 5) is 16.5. The number of nitrogens with zero attached hydrogens (tertiary/aromatic N) is 3. The summed E-state index contributed by atoms with van der Waals surface area (Å²) in [5.41, 5.74) is 2.07. The van der Waals surface area contributed by atoms with Gasteiger partial charge in [0.1, 0.15) is 5.82 Å². The lowest BCUT2D eigenvalue weighted by atomic mass is 10.1. The zero-order valence-corrected chi connectivity index (χ0v) is 14.3. The molecule has 4 nitrogen and oxygen atoms in total. The molecular weight excluding hydrogens is 341 g/mol. The Bertz CT molecular complexity index is 826. The zero-order chi connectivity index (χ0) is 17.8. The molecule has 0 aliphatic carbocycles. The van der Waals surface area contributed by atoms with Crippen LogP contribution in [0.4, 0.5) is 4.39 Å². The minimum absolute atomic E-state index is 0.140. The average Bonchev–Trinajstić information content (AvgIpc) is 2.62. The summed E-state index contributed by atoms with van der Waals surface area (Å²) in [5, 5.41) is 9.11. The monoisotopic (exact) mass is 357 g/mol. The third-order valence-electron chi connectivity index (χ3n) is 4.28. The number of piperazine rings is 1. The molecule has 2 aromatic carbocycles. The summed E-state index contributed by atoms with van der Waals surface area (Å²) >= 11 is 5.98. The Labute approximate surface area is 151 Å². The van der Waals surface area contributed by atoms with E-state index in [0.29, 0.717) is 24.2 Å². The van der Waals surface area contributed by atoms with Crippen LogP contribution in [-0.2, 0) is 6.54 Å². The highest BCUT2D eigenvalue weighted by Gasteiger charge is 2.23. The standard InChI is InChI=1S/C19H17ClFN3O/c20-18-11-16(21)4-5-17(18)19(25)24-8-6-23(7-9-24)13-15-3-1-2-14(10-15)12-22/h1-5,10-11H,6-9,13H2. The summed E-state index contributed by atoms with van der Waals surface area (Å²) in [5.74, 6) is -0.623. The molecule has 0 atom stereocenters. The first kappa shape index (κ1) is 17.4. The highest BCUT2D eigenvalue weighted by atomic mass is 35.5. The van der Waals surface area contributed by atoms with E-state index in [1.54, 1.807) is 11.0 Å². The van der Waals surface area contributed by atoms with E-state index in [4.69, 9.17) is 16.9 Å². The van der Waals surface area contributed by atoms with Crippen molar-refractivity contribution in [2.24, 2.45) is 0 Å². The third-order valence-corrected chi connectivity index (χ3v) is 4.60. The average molecular weight is 358 g/mol. The lowest BCUT2D eigenvalue weighted by Gasteiger charge is -2.35.